The Kier molecular flexibility index (Phi) is 7.80. The van der Waals surface area contributed by atoms with Crippen molar-refractivity contribution >= 4 is 98.0 Å². The summed E-state index contributed by atoms with van der Waals surface area (Å²) in [5.41, 5.74) is 14.7. The average molecular weight is 865 g/mol. The van der Waals surface area contributed by atoms with Crippen molar-refractivity contribution in [3.8, 4) is 11.1 Å². The molecule has 5 aliphatic rings. The molecule has 2 nitrogen and oxygen atoms in total. The standard InChI is InChI=1S/C63H48N2S/c1-38-15-21-46(22-16-38)65(47-23-27-50-49-11-5-7-13-55(49)63(56(50)36-47)43-32-39-31-40(34-43)35-44(63)33-39)58-30-20-42-17-25-53-57(29-19-41-18-26-54(58)62(42)61(41)53)64(45-9-3-2-4-10-45)48-24-28-52-51-12-6-8-14-59(51)66-60(52)37-48/h2-30,36-37,39-40,43-44H,31-35H2,1H3. The number of thiophene rings is 1. The molecule has 0 amide bonds. The molecule has 3 heteroatoms. The molecule has 0 unspecified atom stereocenters. The minimum atomic E-state index is 0.0967. The summed E-state index contributed by atoms with van der Waals surface area (Å²) in [5, 5.41) is 10.3. The normalized spacial score (nSPS) is 21.5. The molecule has 4 bridgehead atoms. The van der Waals surface area contributed by atoms with E-state index in [2.05, 4.69) is 205 Å². The molecule has 4 saturated carbocycles. The summed E-state index contributed by atoms with van der Waals surface area (Å²) in [6.45, 7) is 2.20. The highest BCUT2D eigenvalue weighted by Crippen LogP contribution is 2.69. The number of fused-ring (bicyclic) bond motifs is 6. The molecule has 16 rings (SSSR count). The molecular weight excluding hydrogens is 817 g/mol. The fourth-order valence-electron chi connectivity index (χ4n) is 14.4. The van der Waals surface area contributed by atoms with Gasteiger partial charge in [0, 0.05) is 59.1 Å². The van der Waals surface area contributed by atoms with Gasteiger partial charge in [-0.25, -0.2) is 0 Å². The lowest BCUT2D eigenvalue weighted by atomic mass is 9.43. The van der Waals surface area contributed by atoms with Gasteiger partial charge in [-0.2, -0.15) is 0 Å². The van der Waals surface area contributed by atoms with Crippen molar-refractivity contribution in [2.24, 2.45) is 23.7 Å². The molecule has 0 aliphatic heterocycles. The van der Waals surface area contributed by atoms with E-state index in [0.717, 1.165) is 23.2 Å². The third-order valence-electron chi connectivity index (χ3n) is 16.8. The number of hydrogen-bond acceptors (Lipinski definition) is 3. The van der Waals surface area contributed by atoms with Gasteiger partial charge in [-0.1, -0.05) is 127 Å². The Bertz CT molecular complexity index is 3720. The molecule has 4 fully saturated rings. The van der Waals surface area contributed by atoms with Gasteiger partial charge in [0.2, 0.25) is 0 Å². The molecule has 11 aromatic rings. The number of rotatable bonds is 6. The predicted octanol–water partition coefficient (Wildman–Crippen LogP) is 17.9. The minimum absolute atomic E-state index is 0.0967. The lowest BCUT2D eigenvalue weighted by Gasteiger charge is -2.61. The molecule has 316 valence electrons. The van der Waals surface area contributed by atoms with Crippen LogP contribution in [0.4, 0.5) is 34.1 Å². The van der Waals surface area contributed by atoms with E-state index in [0.29, 0.717) is 11.8 Å². The Morgan fingerprint density at radius 2 is 0.939 bits per heavy atom. The first-order valence-electron chi connectivity index (χ1n) is 24.2. The Labute approximate surface area is 389 Å². The summed E-state index contributed by atoms with van der Waals surface area (Å²) < 4.78 is 2.63. The summed E-state index contributed by atoms with van der Waals surface area (Å²) in [5.74, 6) is 3.24. The first kappa shape index (κ1) is 37.3. The van der Waals surface area contributed by atoms with E-state index in [4.69, 9.17) is 0 Å². The Hall–Kier alpha value is -6.94. The molecule has 0 atom stereocenters. The average Bonchev–Trinajstić information content (AvgIpc) is 3.87. The SMILES string of the molecule is Cc1ccc(N(c2ccc3c(c2)C2(c4ccccc4-3)C3CC4CC(C3)CC2C4)c2ccc3ccc4c(N(c5ccccc5)c5ccc6c(c5)sc5ccccc56)ccc5ccc2c3c54)cc1. The van der Waals surface area contributed by atoms with Crippen LogP contribution in [0.15, 0.2) is 188 Å². The van der Waals surface area contributed by atoms with Gasteiger partial charge in [0.15, 0.2) is 0 Å². The second kappa shape index (κ2) is 13.8. The zero-order valence-corrected chi connectivity index (χ0v) is 37.9. The van der Waals surface area contributed by atoms with Crippen molar-refractivity contribution in [3.63, 3.8) is 0 Å². The van der Waals surface area contributed by atoms with Crippen LogP contribution in [0.3, 0.4) is 0 Å². The first-order chi connectivity index (χ1) is 32.6. The van der Waals surface area contributed by atoms with E-state index in [1.165, 1.54) is 124 Å². The largest absolute Gasteiger partial charge is 0.310 e. The highest BCUT2D eigenvalue weighted by molar-refractivity contribution is 7.25. The van der Waals surface area contributed by atoms with Crippen LogP contribution in [0.5, 0.6) is 0 Å². The molecule has 1 aromatic heterocycles. The second-order valence-electron chi connectivity index (χ2n) is 20.2. The molecular formula is C63H48N2S. The van der Waals surface area contributed by atoms with Crippen LogP contribution in [0.25, 0.3) is 63.6 Å². The number of hydrogen-bond donors (Lipinski definition) is 0. The quantitative estimate of drug-likeness (QED) is 0.154. The van der Waals surface area contributed by atoms with Crippen LogP contribution in [0, 0.1) is 30.6 Å². The van der Waals surface area contributed by atoms with Crippen molar-refractivity contribution < 1.29 is 0 Å². The summed E-state index contributed by atoms with van der Waals surface area (Å²) in [6, 6.07) is 72.0. The van der Waals surface area contributed by atoms with Gasteiger partial charge in [-0.05, 0) is 173 Å². The maximum Gasteiger partial charge on any atom is 0.0540 e. The van der Waals surface area contributed by atoms with Crippen molar-refractivity contribution in [2.45, 2.75) is 44.4 Å². The zero-order valence-electron chi connectivity index (χ0n) is 37.0. The van der Waals surface area contributed by atoms with Gasteiger partial charge in [0.25, 0.3) is 0 Å². The third-order valence-corrected chi connectivity index (χ3v) is 18.0. The Balaban J connectivity index is 0.940. The van der Waals surface area contributed by atoms with Gasteiger partial charge in [-0.3, -0.25) is 0 Å². The van der Waals surface area contributed by atoms with Crippen molar-refractivity contribution in [2.75, 3.05) is 9.80 Å². The van der Waals surface area contributed by atoms with Crippen molar-refractivity contribution in [1.82, 2.24) is 0 Å². The third kappa shape index (κ3) is 5.12. The highest BCUT2D eigenvalue weighted by atomic mass is 32.1. The zero-order chi connectivity index (χ0) is 43.3. The maximum absolute atomic E-state index is 2.65. The molecule has 5 aliphatic carbocycles. The van der Waals surface area contributed by atoms with E-state index in [-0.39, 0.29) is 5.41 Å². The van der Waals surface area contributed by atoms with E-state index in [9.17, 15) is 0 Å². The highest BCUT2D eigenvalue weighted by Gasteiger charge is 2.61. The lowest BCUT2D eigenvalue weighted by Crippen LogP contribution is -2.55. The van der Waals surface area contributed by atoms with Gasteiger partial charge < -0.3 is 9.80 Å². The summed E-state index contributed by atoms with van der Waals surface area (Å²) in [4.78, 5) is 5.05. The number of nitrogens with zero attached hydrogens (tertiary/aromatic N) is 2. The van der Waals surface area contributed by atoms with E-state index >= 15 is 0 Å². The summed E-state index contributed by atoms with van der Waals surface area (Å²) in [7, 11) is 0. The van der Waals surface area contributed by atoms with Crippen LogP contribution in [0.2, 0.25) is 0 Å². The molecule has 66 heavy (non-hydrogen) atoms. The topological polar surface area (TPSA) is 6.48 Å². The number of para-hydroxylation sites is 1. The van der Waals surface area contributed by atoms with Crippen LogP contribution in [-0.2, 0) is 5.41 Å². The number of benzene rings is 10. The van der Waals surface area contributed by atoms with Crippen LogP contribution in [-0.4, -0.2) is 0 Å². The van der Waals surface area contributed by atoms with Gasteiger partial charge in [0.05, 0.1) is 11.4 Å². The molecule has 0 radical (unpaired) electrons. The van der Waals surface area contributed by atoms with Crippen LogP contribution in [0.1, 0.15) is 48.8 Å². The molecule has 0 N–H and O–H groups in total. The van der Waals surface area contributed by atoms with E-state index in [1.807, 2.05) is 11.3 Å². The lowest BCUT2D eigenvalue weighted by molar-refractivity contribution is -0.0399. The monoisotopic (exact) mass is 864 g/mol. The van der Waals surface area contributed by atoms with Gasteiger partial charge in [-0.15, -0.1) is 11.3 Å². The van der Waals surface area contributed by atoms with E-state index in [1.54, 1.807) is 11.1 Å². The second-order valence-corrected chi connectivity index (χ2v) is 21.2. The van der Waals surface area contributed by atoms with Crippen molar-refractivity contribution in [3.05, 3.63) is 205 Å². The fourth-order valence-corrected chi connectivity index (χ4v) is 15.6. The van der Waals surface area contributed by atoms with Crippen LogP contribution < -0.4 is 9.80 Å². The maximum atomic E-state index is 2.65. The van der Waals surface area contributed by atoms with E-state index < -0.39 is 0 Å². The predicted molar refractivity (Wildman–Crippen MR) is 280 cm³/mol. The Morgan fingerprint density at radius 3 is 1.65 bits per heavy atom. The fraction of sp³-hybridized carbons (Fsp3) is 0.175. The van der Waals surface area contributed by atoms with Crippen molar-refractivity contribution in [1.29, 1.82) is 0 Å². The first-order valence-corrected chi connectivity index (χ1v) is 25.0. The number of aryl methyl sites for hydroxylation is 1. The molecule has 0 saturated heterocycles. The molecule has 1 spiro atoms. The van der Waals surface area contributed by atoms with Gasteiger partial charge in [0.1, 0.15) is 0 Å². The molecule has 10 aromatic carbocycles. The smallest absolute Gasteiger partial charge is 0.0540 e. The van der Waals surface area contributed by atoms with Crippen LogP contribution >= 0.6 is 11.3 Å². The van der Waals surface area contributed by atoms with Gasteiger partial charge >= 0.3 is 0 Å². The Morgan fingerprint density at radius 1 is 0.409 bits per heavy atom. The number of anilines is 6. The minimum Gasteiger partial charge on any atom is -0.310 e. The summed E-state index contributed by atoms with van der Waals surface area (Å²) >= 11 is 1.88. The summed E-state index contributed by atoms with van der Waals surface area (Å²) in [6.07, 6.45) is 6.98. The molecule has 1 heterocycles.